The SMILES string of the molecule is [3H]P(=C)(OCC1CC(C)C(C)C1OP([3H])(=C)OCC1CC(C)C(C)C1O)OC1C(O)CC(C)C1C. The Morgan fingerprint density at radius 1 is 0.727 bits per heavy atom. The zero-order valence-electron chi connectivity index (χ0n) is 23.3. The first-order valence-electron chi connectivity index (χ1n) is 13.6. The van der Waals surface area contributed by atoms with Gasteiger partial charge in [0, 0.05) is 11.8 Å². The van der Waals surface area contributed by atoms with Crippen molar-refractivity contribution in [1.82, 2.24) is 0 Å². The first-order chi connectivity index (χ1) is 16.1. The maximum atomic E-state index is 10.5. The molecule has 0 saturated heterocycles. The van der Waals surface area contributed by atoms with Crippen LogP contribution in [-0.2, 0) is 18.1 Å². The van der Waals surface area contributed by atoms with Crippen LogP contribution in [0, 0.1) is 47.3 Å². The monoisotopic (exact) mass is 510 g/mol. The van der Waals surface area contributed by atoms with Gasteiger partial charge in [-0.1, -0.05) is 54.1 Å². The third-order valence-corrected chi connectivity index (χ3v) is 10.7. The van der Waals surface area contributed by atoms with Gasteiger partial charge in [-0.05, 0) is 54.8 Å². The van der Waals surface area contributed by atoms with Crippen LogP contribution in [0.15, 0.2) is 0 Å². The second-order valence-corrected chi connectivity index (χ2v) is 13.5. The number of aliphatic hydroxyl groups is 2. The van der Waals surface area contributed by atoms with Gasteiger partial charge in [-0.2, -0.15) is 0 Å². The van der Waals surface area contributed by atoms with Crippen molar-refractivity contribution in [2.45, 2.75) is 85.2 Å². The Morgan fingerprint density at radius 2 is 1.18 bits per heavy atom. The number of hydrogen-bond acceptors (Lipinski definition) is 6. The summed E-state index contributed by atoms with van der Waals surface area (Å²) in [4.78, 5) is 0. The minimum Gasteiger partial charge on any atom is -0.392 e. The highest BCUT2D eigenvalue weighted by molar-refractivity contribution is 7.45. The molecule has 14 unspecified atom stereocenters. The summed E-state index contributed by atoms with van der Waals surface area (Å²) in [5, 5.41) is 20.8. The van der Waals surface area contributed by atoms with Crippen LogP contribution < -0.4 is 0 Å². The van der Waals surface area contributed by atoms with E-state index in [9.17, 15) is 10.2 Å². The number of rotatable bonds is 10. The van der Waals surface area contributed by atoms with E-state index in [1.807, 2.05) is 6.92 Å². The molecule has 3 fully saturated rings. The molecule has 0 aromatic carbocycles. The first kappa shape index (κ1) is 25.0. The van der Waals surface area contributed by atoms with Crippen LogP contribution in [-0.4, -0.2) is 63.0 Å². The maximum Gasteiger partial charge on any atom is 0.116 e. The van der Waals surface area contributed by atoms with Crippen molar-refractivity contribution >= 4 is 28.5 Å². The standard InChI is InChI=1S/C25H48O6P2/c1-14-9-20(23(27)17(14)4)12-28-32(7)30-24-18(5)15(2)10-21(24)13-29-33(8)31-25-19(6)16(3)11-22(25)26/h14-27,32-33H,7-13H2,1-6H3/i32T,33T. The van der Waals surface area contributed by atoms with Crippen molar-refractivity contribution in [3.8, 4) is 0 Å². The van der Waals surface area contributed by atoms with Crippen molar-refractivity contribution in [3.05, 3.63) is 0 Å². The normalized spacial score (nSPS) is 50.5. The number of hydrogen-bond donors (Lipinski definition) is 2. The highest BCUT2D eigenvalue weighted by atomic mass is 31.1. The molecule has 6 nitrogen and oxygen atoms in total. The van der Waals surface area contributed by atoms with Crippen LogP contribution in [0.4, 0.5) is 0 Å². The summed E-state index contributed by atoms with van der Waals surface area (Å²) in [6.45, 7) is 13.1. The smallest absolute Gasteiger partial charge is 0.116 e. The number of aliphatic hydroxyl groups excluding tert-OH is 2. The molecule has 33 heavy (non-hydrogen) atoms. The molecule has 0 aliphatic heterocycles. The van der Waals surface area contributed by atoms with Gasteiger partial charge in [-0.15, -0.1) is 0 Å². The summed E-state index contributed by atoms with van der Waals surface area (Å²) in [5.41, 5.74) is 0. The summed E-state index contributed by atoms with van der Waals surface area (Å²) in [5.74, 6) is 1.66. The van der Waals surface area contributed by atoms with Gasteiger partial charge in [0.25, 0.3) is 0 Å². The Morgan fingerprint density at radius 3 is 1.70 bits per heavy atom. The van der Waals surface area contributed by atoms with E-state index in [1.165, 1.54) is 0 Å². The van der Waals surface area contributed by atoms with E-state index in [-0.39, 0.29) is 48.9 Å². The minimum absolute atomic E-state index is 0.00206. The Hall–Kier alpha value is 0.360. The lowest BCUT2D eigenvalue weighted by molar-refractivity contribution is 0.0361. The van der Waals surface area contributed by atoms with Crippen LogP contribution in [0.25, 0.3) is 0 Å². The molecule has 8 heteroatoms. The molecule has 14 atom stereocenters. The van der Waals surface area contributed by atoms with Gasteiger partial charge < -0.3 is 28.3 Å². The third kappa shape index (κ3) is 6.77. The van der Waals surface area contributed by atoms with Crippen molar-refractivity contribution in [2.75, 3.05) is 13.2 Å². The van der Waals surface area contributed by atoms with Crippen LogP contribution in [0.5, 0.6) is 0 Å². The average Bonchev–Trinajstić information content (AvgIpc) is 3.27. The molecule has 0 radical (unpaired) electrons. The van der Waals surface area contributed by atoms with Crippen LogP contribution in [0.1, 0.15) is 60.8 Å². The zero-order valence-corrected chi connectivity index (χ0v) is 23.1. The third-order valence-electron chi connectivity index (χ3n) is 8.90. The average molecular weight is 511 g/mol. The molecule has 0 spiro atoms. The highest BCUT2D eigenvalue weighted by Gasteiger charge is 2.42. The molecule has 3 aliphatic carbocycles. The molecule has 0 aromatic heterocycles. The van der Waals surface area contributed by atoms with Crippen molar-refractivity contribution in [3.63, 3.8) is 0 Å². The predicted octanol–water partition coefficient (Wildman–Crippen LogP) is 4.72. The molecule has 2 N–H and O–H groups in total. The largest absolute Gasteiger partial charge is 0.392 e. The second-order valence-electron chi connectivity index (χ2n) is 11.2. The predicted molar refractivity (Wildman–Crippen MR) is 140 cm³/mol. The summed E-state index contributed by atoms with van der Waals surface area (Å²) in [6, 6.07) is 0. The second kappa shape index (κ2) is 12.1. The van der Waals surface area contributed by atoms with E-state index < -0.39 is 34.2 Å². The first-order valence-corrected chi connectivity index (χ1v) is 15.4. The molecule has 3 rings (SSSR count). The van der Waals surface area contributed by atoms with Crippen LogP contribution in [0.2, 0.25) is 0 Å². The molecule has 0 heterocycles. The molecule has 0 amide bonds. The van der Waals surface area contributed by atoms with E-state index >= 15 is 0 Å². The van der Waals surface area contributed by atoms with Crippen LogP contribution >= 0.6 is 15.9 Å². The van der Waals surface area contributed by atoms with Gasteiger partial charge in [-0.3, -0.25) is 0 Å². The zero-order chi connectivity index (χ0) is 26.3. The van der Waals surface area contributed by atoms with E-state index in [2.05, 4.69) is 47.2 Å². The molecule has 0 aromatic rings. The van der Waals surface area contributed by atoms with Gasteiger partial charge in [0.15, 0.2) is 0 Å². The van der Waals surface area contributed by atoms with E-state index in [1.54, 1.807) is 0 Å². The summed E-state index contributed by atoms with van der Waals surface area (Å²) < 4.78 is 41.2. The quantitative estimate of drug-likeness (QED) is 0.414. The van der Waals surface area contributed by atoms with Gasteiger partial charge in [0.1, 0.15) is 18.4 Å². The Labute approximate surface area is 205 Å². The molecular weight excluding hydrogens is 458 g/mol. The summed E-state index contributed by atoms with van der Waals surface area (Å²) in [6.07, 6.45) is 8.54. The summed E-state index contributed by atoms with van der Waals surface area (Å²) in [7, 11) is -6.24. The van der Waals surface area contributed by atoms with E-state index in [0.717, 1.165) is 12.8 Å². The van der Waals surface area contributed by atoms with Gasteiger partial charge in [-0.25, -0.2) is 0 Å². The molecule has 194 valence electrons. The lowest BCUT2D eigenvalue weighted by Gasteiger charge is -2.27. The van der Waals surface area contributed by atoms with E-state index in [4.69, 9.17) is 20.7 Å². The molecule has 3 saturated carbocycles. The molecular formula is C25H48O6P2. The Bertz CT molecular complexity index is 815. The van der Waals surface area contributed by atoms with Crippen LogP contribution in [0.3, 0.4) is 0 Å². The maximum absolute atomic E-state index is 10.5. The van der Waals surface area contributed by atoms with Crippen molar-refractivity contribution in [1.29, 1.82) is 2.56 Å². The minimum atomic E-state index is -3.14. The fourth-order valence-electron chi connectivity index (χ4n) is 5.95. The van der Waals surface area contributed by atoms with Crippen molar-refractivity contribution in [2.24, 2.45) is 47.3 Å². The lowest BCUT2D eigenvalue weighted by Crippen LogP contribution is -2.27. The lowest BCUT2D eigenvalue weighted by atomic mass is 9.99. The van der Waals surface area contributed by atoms with Gasteiger partial charge in [0.05, 0.1) is 37.6 Å². The molecule has 3 aliphatic rings. The summed E-state index contributed by atoms with van der Waals surface area (Å²) >= 11 is 0. The van der Waals surface area contributed by atoms with Crippen molar-refractivity contribution < 1.29 is 28.3 Å². The Balaban J connectivity index is 1.56. The fourth-order valence-corrected chi connectivity index (χ4v) is 8.03. The van der Waals surface area contributed by atoms with E-state index in [0.29, 0.717) is 24.2 Å². The highest BCUT2D eigenvalue weighted by Crippen LogP contribution is 2.46. The fraction of sp³-hybridized carbons (Fsp3) is 0.920. The van der Waals surface area contributed by atoms with Gasteiger partial charge in [0.2, 0.25) is 0 Å². The topological polar surface area (TPSA) is 77.4 Å². The Kier molecular flexibility index (Phi) is 9.15. The molecule has 0 bridgehead atoms. The van der Waals surface area contributed by atoms with Gasteiger partial charge >= 0.3 is 0 Å².